The van der Waals surface area contributed by atoms with E-state index in [0.717, 1.165) is 12.8 Å². The molecule has 0 aliphatic carbocycles. The molecule has 3 N–H and O–H groups in total. The van der Waals surface area contributed by atoms with Crippen LogP contribution in [-0.2, 0) is 16.0 Å². The average Bonchev–Trinajstić information content (AvgIpc) is 2.45. The Balaban J connectivity index is 2.09. The number of nitrogens with one attached hydrogen (secondary N) is 2. The SMILES string of the molecule is CC(CCc1ccccc1)NC(=O)NCCOCC(=O)O. The molecule has 21 heavy (non-hydrogen) atoms. The van der Waals surface area contributed by atoms with E-state index in [9.17, 15) is 9.59 Å². The van der Waals surface area contributed by atoms with E-state index in [0.29, 0.717) is 0 Å². The standard InChI is InChI=1S/C15H22N2O4/c1-12(7-8-13-5-3-2-4-6-13)17-15(20)16-9-10-21-11-14(18)19/h2-6,12H,7-11H2,1H3,(H,18,19)(H2,16,17,20). The molecule has 6 heteroatoms. The number of amides is 2. The number of aliphatic carboxylic acids is 1. The van der Waals surface area contributed by atoms with Gasteiger partial charge in [0.25, 0.3) is 0 Å². The largest absolute Gasteiger partial charge is 0.480 e. The molecule has 1 unspecified atom stereocenters. The molecule has 1 aromatic carbocycles. The number of carboxylic acid groups (broad SMARTS) is 1. The number of hydrogen-bond donors (Lipinski definition) is 3. The Labute approximate surface area is 124 Å². The molecular weight excluding hydrogens is 272 g/mol. The highest BCUT2D eigenvalue weighted by Gasteiger charge is 2.06. The van der Waals surface area contributed by atoms with Gasteiger partial charge in [-0.15, -0.1) is 0 Å². The lowest BCUT2D eigenvalue weighted by Gasteiger charge is -2.14. The van der Waals surface area contributed by atoms with Crippen molar-refractivity contribution in [2.24, 2.45) is 0 Å². The lowest BCUT2D eigenvalue weighted by atomic mass is 10.1. The summed E-state index contributed by atoms with van der Waals surface area (Å²) in [6, 6.07) is 9.89. The van der Waals surface area contributed by atoms with Gasteiger partial charge in [-0.1, -0.05) is 30.3 Å². The first kappa shape index (κ1) is 17.0. The summed E-state index contributed by atoms with van der Waals surface area (Å²) >= 11 is 0. The van der Waals surface area contributed by atoms with Crippen molar-refractivity contribution in [3.8, 4) is 0 Å². The highest BCUT2D eigenvalue weighted by Crippen LogP contribution is 2.04. The first-order valence-corrected chi connectivity index (χ1v) is 6.95. The molecule has 0 saturated carbocycles. The van der Waals surface area contributed by atoms with Crippen LogP contribution in [0.25, 0.3) is 0 Å². The summed E-state index contributed by atoms with van der Waals surface area (Å²) in [7, 11) is 0. The molecule has 116 valence electrons. The Kier molecular flexibility index (Phi) is 7.89. The van der Waals surface area contributed by atoms with Crippen molar-refractivity contribution in [1.82, 2.24) is 10.6 Å². The van der Waals surface area contributed by atoms with E-state index in [1.54, 1.807) is 0 Å². The molecule has 1 aromatic rings. The van der Waals surface area contributed by atoms with Gasteiger partial charge in [-0.25, -0.2) is 9.59 Å². The number of carbonyl (C=O) groups is 2. The van der Waals surface area contributed by atoms with Gasteiger partial charge in [0, 0.05) is 12.6 Å². The van der Waals surface area contributed by atoms with Gasteiger partial charge in [0.1, 0.15) is 6.61 Å². The van der Waals surface area contributed by atoms with E-state index in [2.05, 4.69) is 22.8 Å². The maximum atomic E-state index is 11.6. The molecule has 0 fully saturated rings. The third kappa shape index (κ3) is 8.65. The maximum absolute atomic E-state index is 11.6. The molecule has 6 nitrogen and oxygen atoms in total. The zero-order valence-electron chi connectivity index (χ0n) is 12.2. The fraction of sp³-hybridized carbons (Fsp3) is 0.467. The van der Waals surface area contributed by atoms with Crippen LogP contribution in [0.3, 0.4) is 0 Å². The topological polar surface area (TPSA) is 87.7 Å². The van der Waals surface area contributed by atoms with Crippen LogP contribution in [0.15, 0.2) is 30.3 Å². The number of rotatable bonds is 9. The van der Waals surface area contributed by atoms with Crippen molar-refractivity contribution in [3.05, 3.63) is 35.9 Å². The molecule has 2 amide bonds. The summed E-state index contributed by atoms with van der Waals surface area (Å²) in [6.07, 6.45) is 1.76. The minimum absolute atomic E-state index is 0.0603. The summed E-state index contributed by atoms with van der Waals surface area (Å²) in [5.74, 6) is -1.02. The highest BCUT2D eigenvalue weighted by molar-refractivity contribution is 5.74. The first-order chi connectivity index (χ1) is 10.1. The summed E-state index contributed by atoms with van der Waals surface area (Å²) in [5.41, 5.74) is 1.24. The van der Waals surface area contributed by atoms with E-state index in [1.807, 2.05) is 25.1 Å². The average molecular weight is 294 g/mol. The van der Waals surface area contributed by atoms with Gasteiger partial charge in [0.2, 0.25) is 0 Å². The van der Waals surface area contributed by atoms with Crippen LogP contribution in [0.2, 0.25) is 0 Å². The number of urea groups is 1. The molecule has 0 heterocycles. The zero-order valence-corrected chi connectivity index (χ0v) is 12.2. The first-order valence-electron chi connectivity index (χ1n) is 6.95. The van der Waals surface area contributed by atoms with Crippen LogP contribution < -0.4 is 10.6 Å². The molecule has 1 rings (SSSR count). The van der Waals surface area contributed by atoms with Crippen molar-refractivity contribution >= 4 is 12.0 Å². The number of carboxylic acids is 1. The number of carbonyl (C=O) groups excluding carboxylic acids is 1. The second kappa shape index (κ2) is 9.77. The van der Waals surface area contributed by atoms with Crippen molar-refractivity contribution in [1.29, 1.82) is 0 Å². The Hall–Kier alpha value is -2.08. The van der Waals surface area contributed by atoms with Gasteiger partial charge in [-0.05, 0) is 25.3 Å². The molecule has 0 radical (unpaired) electrons. The lowest BCUT2D eigenvalue weighted by Crippen LogP contribution is -2.42. The van der Waals surface area contributed by atoms with E-state index in [1.165, 1.54) is 5.56 Å². The van der Waals surface area contributed by atoms with E-state index >= 15 is 0 Å². The van der Waals surface area contributed by atoms with Crippen molar-refractivity contribution in [2.45, 2.75) is 25.8 Å². The van der Waals surface area contributed by atoms with Gasteiger partial charge in [-0.2, -0.15) is 0 Å². The molecule has 0 aliphatic rings. The van der Waals surface area contributed by atoms with E-state index in [-0.39, 0.29) is 31.8 Å². The Morgan fingerprint density at radius 1 is 1.29 bits per heavy atom. The third-order valence-corrected chi connectivity index (χ3v) is 2.84. The number of ether oxygens (including phenoxy) is 1. The Bertz CT molecular complexity index is 437. The normalized spacial score (nSPS) is 11.7. The second-order valence-electron chi connectivity index (χ2n) is 4.77. The molecule has 0 aromatic heterocycles. The van der Waals surface area contributed by atoms with Crippen molar-refractivity contribution in [2.75, 3.05) is 19.8 Å². The monoisotopic (exact) mass is 294 g/mol. The van der Waals surface area contributed by atoms with Crippen LogP contribution in [0.1, 0.15) is 18.9 Å². The van der Waals surface area contributed by atoms with Crippen LogP contribution in [0.4, 0.5) is 4.79 Å². The fourth-order valence-electron chi connectivity index (χ4n) is 1.77. The quantitative estimate of drug-likeness (QED) is 0.601. The lowest BCUT2D eigenvalue weighted by molar-refractivity contribution is -0.142. The second-order valence-corrected chi connectivity index (χ2v) is 4.77. The smallest absolute Gasteiger partial charge is 0.329 e. The van der Waals surface area contributed by atoms with Crippen molar-refractivity contribution in [3.63, 3.8) is 0 Å². The summed E-state index contributed by atoms with van der Waals surface area (Å²) in [5, 5.41) is 13.8. The minimum Gasteiger partial charge on any atom is -0.480 e. The van der Waals surface area contributed by atoms with Crippen LogP contribution >= 0.6 is 0 Å². The van der Waals surface area contributed by atoms with Gasteiger partial charge >= 0.3 is 12.0 Å². The zero-order chi connectivity index (χ0) is 15.5. The molecule has 0 spiro atoms. The number of hydrogen-bond acceptors (Lipinski definition) is 3. The van der Waals surface area contributed by atoms with E-state index < -0.39 is 5.97 Å². The van der Waals surface area contributed by atoms with Gasteiger partial charge in [-0.3, -0.25) is 0 Å². The predicted octanol–water partition coefficient (Wildman–Crippen LogP) is 1.41. The molecule has 0 aliphatic heterocycles. The fourth-order valence-corrected chi connectivity index (χ4v) is 1.77. The molecule has 0 bridgehead atoms. The van der Waals surface area contributed by atoms with Crippen molar-refractivity contribution < 1.29 is 19.4 Å². The van der Waals surface area contributed by atoms with Crippen LogP contribution in [0.5, 0.6) is 0 Å². The summed E-state index contributed by atoms with van der Waals surface area (Å²) in [4.78, 5) is 21.8. The predicted molar refractivity (Wildman–Crippen MR) is 79.2 cm³/mol. The Morgan fingerprint density at radius 3 is 2.67 bits per heavy atom. The summed E-state index contributed by atoms with van der Waals surface area (Å²) in [6.45, 7) is 2.06. The van der Waals surface area contributed by atoms with Gasteiger partial charge in [0.15, 0.2) is 0 Å². The number of aryl methyl sites for hydroxylation is 1. The van der Waals surface area contributed by atoms with Gasteiger partial charge in [0.05, 0.1) is 6.61 Å². The number of benzene rings is 1. The highest BCUT2D eigenvalue weighted by atomic mass is 16.5. The van der Waals surface area contributed by atoms with Gasteiger partial charge < -0.3 is 20.5 Å². The Morgan fingerprint density at radius 2 is 2.00 bits per heavy atom. The minimum atomic E-state index is -1.02. The van der Waals surface area contributed by atoms with Crippen LogP contribution in [0, 0.1) is 0 Å². The summed E-state index contributed by atoms with van der Waals surface area (Å²) < 4.78 is 4.81. The maximum Gasteiger partial charge on any atom is 0.329 e. The van der Waals surface area contributed by atoms with Crippen LogP contribution in [-0.4, -0.2) is 42.9 Å². The molecule has 0 saturated heterocycles. The molecule has 1 atom stereocenters. The van der Waals surface area contributed by atoms with E-state index in [4.69, 9.17) is 9.84 Å². The molecular formula is C15H22N2O4. The third-order valence-electron chi connectivity index (χ3n) is 2.84.